The second kappa shape index (κ2) is 16.1. The SMILES string of the molecule is COc1cc(C(Cc2c(Cl)c[n+]([O-])cc2Cl)OC(=O)c2cccc(NC(C(=O)O[C@H]3CN4CCC3CC4)c3ccccc3)c2)ccc1OC(F)F. The fraction of sp³-hybridized carbons (Fsp3) is 0.324. The summed E-state index contributed by atoms with van der Waals surface area (Å²) in [6.45, 7) is -0.352. The number of hydrogen-bond donors (Lipinski definition) is 1. The topological polar surface area (TPSA) is 113 Å². The van der Waals surface area contributed by atoms with Gasteiger partial charge in [0.15, 0.2) is 29.9 Å². The lowest BCUT2D eigenvalue weighted by Gasteiger charge is -2.44. The number of hydrogen-bond acceptors (Lipinski definition) is 9. The first-order valence-electron chi connectivity index (χ1n) is 16.3. The maximum Gasteiger partial charge on any atom is 0.387 e. The summed E-state index contributed by atoms with van der Waals surface area (Å²) in [6.07, 6.45) is 2.87. The Labute approximate surface area is 303 Å². The molecule has 3 aliphatic rings. The number of rotatable bonds is 13. The van der Waals surface area contributed by atoms with Crippen LogP contribution in [0.4, 0.5) is 14.5 Å². The van der Waals surface area contributed by atoms with Crippen molar-refractivity contribution in [2.45, 2.75) is 44.1 Å². The maximum atomic E-state index is 13.8. The molecular weight excluding hydrogens is 707 g/mol. The van der Waals surface area contributed by atoms with Gasteiger partial charge in [-0.25, -0.2) is 9.59 Å². The van der Waals surface area contributed by atoms with E-state index in [9.17, 15) is 23.6 Å². The number of piperidine rings is 3. The second-order valence-corrected chi connectivity index (χ2v) is 13.2. The highest BCUT2D eigenvalue weighted by molar-refractivity contribution is 6.35. The molecule has 4 aromatic rings. The van der Waals surface area contributed by atoms with E-state index >= 15 is 0 Å². The minimum absolute atomic E-state index is 0.0280. The Morgan fingerprint density at radius 3 is 2.33 bits per heavy atom. The normalized spacial score (nSPS) is 19.2. The van der Waals surface area contributed by atoms with Gasteiger partial charge < -0.3 is 29.5 Å². The van der Waals surface area contributed by atoms with Crippen LogP contribution in [0.1, 0.15) is 52.0 Å². The average Bonchev–Trinajstić information content (AvgIpc) is 3.12. The molecule has 10 nitrogen and oxygen atoms in total. The first kappa shape index (κ1) is 36.2. The van der Waals surface area contributed by atoms with Gasteiger partial charge in [-0.1, -0.05) is 65.7 Å². The van der Waals surface area contributed by atoms with E-state index in [1.165, 1.54) is 25.3 Å². The van der Waals surface area contributed by atoms with Crippen LogP contribution in [-0.4, -0.2) is 56.3 Å². The Hall–Kier alpha value is -4.65. The molecule has 1 N–H and O–H groups in total. The van der Waals surface area contributed by atoms with Gasteiger partial charge in [0, 0.05) is 24.2 Å². The van der Waals surface area contributed by atoms with Crippen molar-refractivity contribution in [1.29, 1.82) is 0 Å². The quantitative estimate of drug-likeness (QED) is 0.0866. The Morgan fingerprint density at radius 2 is 1.69 bits per heavy atom. The molecular formula is C37H35Cl2F2N3O7. The van der Waals surface area contributed by atoms with Crippen molar-refractivity contribution in [3.05, 3.63) is 123 Å². The lowest BCUT2D eigenvalue weighted by atomic mass is 9.86. The standard InChI is InChI=1S/C37H35Cl2F2N3O7/c1-48-32-17-24(10-11-30(32)51-37(40)41)31(18-27-28(38)19-44(47)20-29(27)39)49-35(45)25-8-5-9-26(16-25)42-34(23-6-3-2-4-7-23)36(46)50-33-21-43-14-12-22(33)13-15-43/h2-11,16-17,19-20,22,31,33-34,37,42H,12-15,18,21H2,1H3/t31?,33-,34?/m0/s1. The molecule has 1 aromatic heterocycles. The smallest absolute Gasteiger partial charge is 0.387 e. The monoisotopic (exact) mass is 741 g/mol. The number of anilines is 1. The molecule has 2 unspecified atom stereocenters. The Balaban J connectivity index is 1.25. The summed E-state index contributed by atoms with van der Waals surface area (Å²) in [5.41, 5.74) is 1.97. The van der Waals surface area contributed by atoms with Crippen molar-refractivity contribution in [3.8, 4) is 11.5 Å². The van der Waals surface area contributed by atoms with Gasteiger partial charge in [-0.2, -0.15) is 13.5 Å². The molecule has 0 aliphatic carbocycles. The van der Waals surface area contributed by atoms with Gasteiger partial charge in [-0.15, -0.1) is 0 Å². The van der Waals surface area contributed by atoms with E-state index in [0.717, 1.165) is 38.3 Å². The molecule has 0 amide bonds. The van der Waals surface area contributed by atoms with Crippen molar-refractivity contribution < 1.29 is 42.0 Å². The fourth-order valence-corrected chi connectivity index (χ4v) is 7.10. The number of fused-ring (bicyclic) bond motifs is 3. The maximum absolute atomic E-state index is 13.8. The molecule has 0 radical (unpaired) electrons. The number of nitrogens with one attached hydrogen (secondary N) is 1. The molecule has 3 fully saturated rings. The number of ether oxygens (including phenoxy) is 4. The van der Waals surface area contributed by atoms with Crippen molar-refractivity contribution in [2.24, 2.45) is 5.92 Å². The minimum Gasteiger partial charge on any atom is -0.619 e. The van der Waals surface area contributed by atoms with Crippen LogP contribution in [0.15, 0.2) is 85.2 Å². The first-order valence-corrected chi connectivity index (χ1v) is 17.1. The lowest BCUT2D eigenvalue weighted by Crippen LogP contribution is -2.52. The summed E-state index contributed by atoms with van der Waals surface area (Å²) in [5.74, 6) is -1.08. The zero-order valence-electron chi connectivity index (χ0n) is 27.5. The highest BCUT2D eigenvalue weighted by Crippen LogP contribution is 2.37. The Bertz CT molecular complexity index is 1840. The molecule has 0 saturated carbocycles. The zero-order valence-corrected chi connectivity index (χ0v) is 29.0. The predicted molar refractivity (Wildman–Crippen MR) is 185 cm³/mol. The van der Waals surface area contributed by atoms with Crippen molar-refractivity contribution in [3.63, 3.8) is 0 Å². The molecule has 268 valence electrons. The van der Waals surface area contributed by atoms with Gasteiger partial charge in [0.05, 0.1) is 12.7 Å². The lowest BCUT2D eigenvalue weighted by molar-refractivity contribution is -0.605. The van der Waals surface area contributed by atoms with Crippen molar-refractivity contribution in [2.75, 3.05) is 32.1 Å². The van der Waals surface area contributed by atoms with Gasteiger partial charge in [0.25, 0.3) is 0 Å². The Morgan fingerprint density at radius 1 is 0.961 bits per heavy atom. The van der Waals surface area contributed by atoms with E-state index in [4.69, 9.17) is 37.4 Å². The summed E-state index contributed by atoms with van der Waals surface area (Å²) in [7, 11) is 1.28. The molecule has 3 saturated heterocycles. The number of halogens is 4. The molecule has 0 spiro atoms. The average molecular weight is 743 g/mol. The number of aromatic nitrogens is 1. The third-order valence-corrected chi connectivity index (χ3v) is 9.77. The van der Waals surface area contributed by atoms with Crippen molar-refractivity contribution in [1.82, 2.24) is 4.90 Å². The third kappa shape index (κ3) is 8.81. The number of carbonyl (C=O) groups is 2. The number of nitrogens with zero attached hydrogens (tertiary/aromatic N) is 2. The van der Waals surface area contributed by atoms with Crippen LogP contribution < -0.4 is 19.5 Å². The van der Waals surface area contributed by atoms with Gasteiger partial charge in [0.2, 0.25) is 0 Å². The van der Waals surface area contributed by atoms with E-state index in [2.05, 4.69) is 15.0 Å². The van der Waals surface area contributed by atoms with Crippen LogP contribution in [0, 0.1) is 11.1 Å². The van der Waals surface area contributed by atoms with Gasteiger partial charge in [-0.05, 0) is 73.3 Å². The fourth-order valence-electron chi connectivity index (χ4n) is 6.50. The molecule has 3 aromatic carbocycles. The largest absolute Gasteiger partial charge is 0.619 e. The predicted octanol–water partition coefficient (Wildman–Crippen LogP) is 7.17. The molecule has 7 rings (SSSR count). The first-order chi connectivity index (χ1) is 24.6. The van der Waals surface area contributed by atoms with Crippen LogP contribution in [-0.2, 0) is 20.7 Å². The number of pyridine rings is 1. The van der Waals surface area contributed by atoms with Crippen LogP contribution in [0.3, 0.4) is 0 Å². The highest BCUT2D eigenvalue weighted by atomic mass is 35.5. The number of methoxy groups -OCH3 is 1. The third-order valence-electron chi connectivity index (χ3n) is 9.11. The van der Waals surface area contributed by atoms with E-state index in [1.54, 1.807) is 24.3 Å². The summed E-state index contributed by atoms with van der Waals surface area (Å²) in [4.78, 5) is 29.8. The highest BCUT2D eigenvalue weighted by Gasteiger charge is 2.38. The van der Waals surface area contributed by atoms with Gasteiger partial charge in [0.1, 0.15) is 22.3 Å². The van der Waals surface area contributed by atoms with Crippen LogP contribution in [0.5, 0.6) is 11.5 Å². The van der Waals surface area contributed by atoms with Crippen LogP contribution in [0.2, 0.25) is 10.0 Å². The Kier molecular flexibility index (Phi) is 11.4. The molecule has 3 aliphatic heterocycles. The van der Waals surface area contributed by atoms with E-state index < -0.39 is 30.7 Å². The number of alkyl halides is 2. The van der Waals surface area contributed by atoms with Gasteiger partial charge in [-0.3, -0.25) is 4.90 Å². The number of esters is 2. The summed E-state index contributed by atoms with van der Waals surface area (Å²) in [6, 6.07) is 18.9. The summed E-state index contributed by atoms with van der Waals surface area (Å²) >= 11 is 12.7. The number of benzene rings is 3. The zero-order chi connectivity index (χ0) is 36.1. The summed E-state index contributed by atoms with van der Waals surface area (Å²) in [5, 5.41) is 15.2. The molecule has 51 heavy (non-hydrogen) atoms. The second-order valence-electron chi connectivity index (χ2n) is 12.4. The van der Waals surface area contributed by atoms with E-state index in [0.29, 0.717) is 39.6 Å². The van der Waals surface area contributed by atoms with Crippen LogP contribution >= 0.6 is 23.2 Å². The van der Waals surface area contributed by atoms with Crippen LogP contribution in [0.25, 0.3) is 0 Å². The van der Waals surface area contributed by atoms with E-state index in [1.807, 2.05) is 30.3 Å². The van der Waals surface area contributed by atoms with E-state index in [-0.39, 0.29) is 39.6 Å². The number of carbonyl (C=O) groups excluding carboxylic acids is 2. The molecule has 14 heteroatoms. The summed E-state index contributed by atoms with van der Waals surface area (Å²) < 4.78 is 48.4. The van der Waals surface area contributed by atoms with Crippen molar-refractivity contribution >= 4 is 40.8 Å². The van der Waals surface area contributed by atoms with Gasteiger partial charge >= 0.3 is 18.6 Å². The molecule has 3 atom stereocenters. The minimum atomic E-state index is -3.09. The molecule has 2 bridgehead atoms. The molecule has 4 heterocycles.